The zero-order valence-electron chi connectivity index (χ0n) is 13.5. The maximum absolute atomic E-state index is 5.74. The van der Waals surface area contributed by atoms with Crippen LogP contribution in [-0.2, 0) is 6.54 Å². The third-order valence-electron chi connectivity index (χ3n) is 5.54. The van der Waals surface area contributed by atoms with Crippen LogP contribution in [0.15, 0.2) is 24.3 Å². The second-order valence-corrected chi connectivity index (χ2v) is 6.95. The second kappa shape index (κ2) is 6.47. The molecule has 0 aromatic heterocycles. The predicted octanol–water partition coefficient (Wildman–Crippen LogP) is 2.42. The maximum atomic E-state index is 5.74. The molecule has 2 bridgehead atoms. The molecule has 0 amide bonds. The van der Waals surface area contributed by atoms with Gasteiger partial charge in [-0.2, -0.15) is 0 Å². The molecule has 2 fully saturated rings. The van der Waals surface area contributed by atoms with Crippen LogP contribution < -0.4 is 5.73 Å². The van der Waals surface area contributed by atoms with Gasteiger partial charge in [0.05, 0.1) is 0 Å². The summed E-state index contributed by atoms with van der Waals surface area (Å²) in [4.78, 5) is 5.26. The fourth-order valence-corrected chi connectivity index (χ4v) is 3.87. The summed E-state index contributed by atoms with van der Waals surface area (Å²) in [5.41, 5.74) is 8.53. The highest BCUT2D eigenvalue weighted by Gasteiger charge is 2.34. The van der Waals surface area contributed by atoms with E-state index in [9.17, 15) is 0 Å². The fraction of sp³-hybridized carbons (Fsp3) is 0.667. The van der Waals surface area contributed by atoms with E-state index in [1.54, 1.807) is 0 Å². The van der Waals surface area contributed by atoms with E-state index < -0.39 is 0 Å². The van der Waals surface area contributed by atoms with Crippen molar-refractivity contribution >= 4 is 0 Å². The van der Waals surface area contributed by atoms with Gasteiger partial charge in [0, 0.05) is 31.7 Å². The van der Waals surface area contributed by atoms with E-state index in [-0.39, 0.29) is 0 Å². The van der Waals surface area contributed by atoms with Crippen molar-refractivity contribution in [1.29, 1.82) is 0 Å². The molecule has 3 atom stereocenters. The van der Waals surface area contributed by atoms with Gasteiger partial charge in [-0.1, -0.05) is 31.2 Å². The Balaban J connectivity index is 1.61. The highest BCUT2D eigenvalue weighted by atomic mass is 15.3. The van der Waals surface area contributed by atoms with E-state index in [1.807, 2.05) is 0 Å². The van der Waals surface area contributed by atoms with E-state index in [0.717, 1.165) is 25.2 Å². The normalized spacial score (nSPS) is 28.5. The van der Waals surface area contributed by atoms with Gasteiger partial charge in [-0.15, -0.1) is 0 Å². The largest absolute Gasteiger partial charge is 0.330 e. The fourth-order valence-electron chi connectivity index (χ4n) is 3.87. The van der Waals surface area contributed by atoms with Crippen molar-refractivity contribution in [2.24, 2.45) is 5.73 Å². The highest BCUT2D eigenvalue weighted by molar-refractivity contribution is 5.25. The summed E-state index contributed by atoms with van der Waals surface area (Å²) in [5, 5.41) is 0. The van der Waals surface area contributed by atoms with Crippen LogP contribution in [0.4, 0.5) is 0 Å². The molecule has 2 saturated heterocycles. The number of likely N-dealkylation sites (tertiary alicyclic amines) is 1. The highest BCUT2D eigenvalue weighted by Crippen LogP contribution is 2.29. The third kappa shape index (κ3) is 3.31. The quantitative estimate of drug-likeness (QED) is 0.923. The first kappa shape index (κ1) is 15.0. The number of nitrogens with two attached hydrogens (primary N) is 1. The Morgan fingerprint density at radius 2 is 1.86 bits per heavy atom. The first-order chi connectivity index (χ1) is 10.2. The number of benzene rings is 1. The lowest BCUT2D eigenvalue weighted by Gasteiger charge is -2.25. The monoisotopic (exact) mass is 287 g/mol. The van der Waals surface area contributed by atoms with Crippen molar-refractivity contribution in [1.82, 2.24) is 9.80 Å². The second-order valence-electron chi connectivity index (χ2n) is 6.95. The zero-order chi connectivity index (χ0) is 14.8. The van der Waals surface area contributed by atoms with E-state index in [0.29, 0.717) is 5.92 Å². The topological polar surface area (TPSA) is 32.5 Å². The van der Waals surface area contributed by atoms with Gasteiger partial charge in [-0.05, 0) is 49.9 Å². The molecule has 2 aliphatic heterocycles. The molecule has 21 heavy (non-hydrogen) atoms. The van der Waals surface area contributed by atoms with Gasteiger partial charge in [-0.3, -0.25) is 9.80 Å². The lowest BCUT2D eigenvalue weighted by atomic mass is 10.00. The third-order valence-corrected chi connectivity index (χ3v) is 5.54. The van der Waals surface area contributed by atoms with Crippen LogP contribution in [0.2, 0.25) is 0 Å². The number of nitrogens with zero attached hydrogens (tertiary/aromatic N) is 2. The molecule has 3 nitrogen and oxygen atoms in total. The molecular weight excluding hydrogens is 258 g/mol. The van der Waals surface area contributed by atoms with Gasteiger partial charge >= 0.3 is 0 Å². The van der Waals surface area contributed by atoms with Gasteiger partial charge in [0.25, 0.3) is 0 Å². The smallest absolute Gasteiger partial charge is 0.0234 e. The number of hydrogen-bond donors (Lipinski definition) is 1. The van der Waals surface area contributed by atoms with Crippen molar-refractivity contribution in [3.05, 3.63) is 35.4 Å². The average Bonchev–Trinajstić information content (AvgIpc) is 2.75. The predicted molar refractivity (Wildman–Crippen MR) is 88.4 cm³/mol. The van der Waals surface area contributed by atoms with Crippen LogP contribution in [0.25, 0.3) is 0 Å². The molecule has 0 saturated carbocycles. The Kier molecular flexibility index (Phi) is 4.63. The number of rotatable bonds is 4. The summed E-state index contributed by atoms with van der Waals surface area (Å²) in [7, 11) is 2.31. The molecule has 3 heteroatoms. The molecule has 3 unspecified atom stereocenters. The van der Waals surface area contributed by atoms with Crippen LogP contribution in [0, 0.1) is 0 Å². The van der Waals surface area contributed by atoms with Crippen molar-refractivity contribution in [2.75, 3.05) is 26.7 Å². The number of likely N-dealkylation sites (N-methyl/N-ethyl adjacent to an activating group) is 1. The summed E-state index contributed by atoms with van der Waals surface area (Å²) in [6, 6.07) is 10.7. The van der Waals surface area contributed by atoms with Crippen LogP contribution in [0.1, 0.15) is 43.2 Å². The molecule has 116 valence electrons. The zero-order valence-corrected chi connectivity index (χ0v) is 13.5. The van der Waals surface area contributed by atoms with Crippen molar-refractivity contribution in [3.8, 4) is 0 Å². The molecule has 2 N–H and O–H groups in total. The summed E-state index contributed by atoms with van der Waals surface area (Å²) < 4.78 is 0. The summed E-state index contributed by atoms with van der Waals surface area (Å²) >= 11 is 0. The molecule has 0 radical (unpaired) electrons. The molecule has 2 aliphatic rings. The van der Waals surface area contributed by atoms with Crippen LogP contribution >= 0.6 is 0 Å². The van der Waals surface area contributed by atoms with Gasteiger partial charge in [0.15, 0.2) is 0 Å². The minimum absolute atomic E-state index is 0.460. The van der Waals surface area contributed by atoms with Crippen molar-refractivity contribution in [2.45, 2.75) is 50.7 Å². The summed E-state index contributed by atoms with van der Waals surface area (Å²) in [5.74, 6) is 0.460. The first-order valence-corrected chi connectivity index (χ1v) is 8.40. The molecule has 1 aromatic carbocycles. The Labute approximate surface area is 129 Å². The molecule has 2 heterocycles. The van der Waals surface area contributed by atoms with Crippen molar-refractivity contribution in [3.63, 3.8) is 0 Å². The van der Waals surface area contributed by atoms with E-state index in [1.165, 1.54) is 43.5 Å². The molecular formula is C18H29N3. The van der Waals surface area contributed by atoms with E-state index in [2.05, 4.69) is 48.0 Å². The Morgan fingerprint density at radius 1 is 1.14 bits per heavy atom. The first-order valence-electron chi connectivity index (χ1n) is 8.40. The van der Waals surface area contributed by atoms with E-state index >= 15 is 0 Å². The Morgan fingerprint density at radius 3 is 2.57 bits per heavy atom. The minimum atomic E-state index is 0.460. The van der Waals surface area contributed by atoms with Crippen LogP contribution in [-0.4, -0.2) is 48.6 Å². The van der Waals surface area contributed by atoms with Crippen LogP contribution in [0.3, 0.4) is 0 Å². The minimum Gasteiger partial charge on any atom is -0.330 e. The van der Waals surface area contributed by atoms with Crippen molar-refractivity contribution < 1.29 is 0 Å². The average molecular weight is 287 g/mol. The lowest BCUT2D eigenvalue weighted by molar-refractivity contribution is 0.214. The SMILES string of the molecule is CC(CN)c1ccc(CN2CCC3CCC(C2)N3C)cc1. The van der Waals surface area contributed by atoms with E-state index in [4.69, 9.17) is 5.73 Å². The van der Waals surface area contributed by atoms with Gasteiger partial charge < -0.3 is 5.73 Å². The Hall–Kier alpha value is -0.900. The van der Waals surface area contributed by atoms with Gasteiger partial charge in [0.2, 0.25) is 0 Å². The Bertz CT molecular complexity index is 456. The molecule has 0 spiro atoms. The number of fused-ring (bicyclic) bond motifs is 2. The molecule has 3 rings (SSSR count). The molecule has 0 aliphatic carbocycles. The van der Waals surface area contributed by atoms with Gasteiger partial charge in [-0.25, -0.2) is 0 Å². The summed E-state index contributed by atoms with van der Waals surface area (Å²) in [6.07, 6.45) is 4.11. The molecule has 1 aromatic rings. The summed E-state index contributed by atoms with van der Waals surface area (Å²) in [6.45, 7) is 6.48. The number of hydrogen-bond acceptors (Lipinski definition) is 3. The standard InChI is InChI=1S/C18H29N3/c1-14(11-19)16-5-3-15(4-6-16)12-21-10-9-17-7-8-18(13-21)20(17)2/h3-6,14,17-18H,7-13,19H2,1-2H3. The van der Waals surface area contributed by atoms with Crippen LogP contribution in [0.5, 0.6) is 0 Å². The lowest BCUT2D eigenvalue weighted by Crippen LogP contribution is -2.36. The maximum Gasteiger partial charge on any atom is 0.0234 e. The van der Waals surface area contributed by atoms with Gasteiger partial charge in [0.1, 0.15) is 0 Å².